The summed E-state index contributed by atoms with van der Waals surface area (Å²) in [5.74, 6) is -0.255. The molecule has 0 saturated carbocycles. The van der Waals surface area contributed by atoms with Crippen LogP contribution in [0.2, 0.25) is 5.02 Å². The molecule has 0 spiro atoms. The van der Waals surface area contributed by atoms with Crippen LogP contribution in [0.25, 0.3) is 0 Å². The molecular weight excluding hydrogens is 349 g/mol. The van der Waals surface area contributed by atoms with Gasteiger partial charge in [0.25, 0.3) is 5.91 Å². The fraction of sp³-hybridized carbons (Fsp3) is 0.0714. The maximum atomic E-state index is 12.9. The van der Waals surface area contributed by atoms with Crippen molar-refractivity contribution in [2.24, 2.45) is 0 Å². The van der Waals surface area contributed by atoms with Crippen LogP contribution in [0.4, 0.5) is 10.1 Å². The molecule has 1 amide bonds. The number of hydrogen-bond acceptors (Lipinski definition) is 2. The second-order valence-corrected chi connectivity index (χ2v) is 5.24. The Bertz CT molecular complexity index is 619. The third kappa shape index (κ3) is 4.21. The average Bonchev–Trinajstić information content (AvgIpc) is 2.41. The summed E-state index contributed by atoms with van der Waals surface area (Å²) in [5.41, 5.74) is 0.345. The largest absolute Gasteiger partial charge is 0.484 e. The van der Waals surface area contributed by atoms with Crippen molar-refractivity contribution in [2.75, 3.05) is 11.9 Å². The minimum Gasteiger partial charge on any atom is -0.484 e. The van der Waals surface area contributed by atoms with E-state index < -0.39 is 5.82 Å². The molecule has 0 atom stereocenters. The van der Waals surface area contributed by atoms with E-state index in [0.29, 0.717) is 11.4 Å². The molecule has 0 aliphatic heterocycles. The first-order chi connectivity index (χ1) is 9.54. The molecule has 0 unspecified atom stereocenters. The van der Waals surface area contributed by atoms with Crippen LogP contribution in [0.1, 0.15) is 0 Å². The number of carbonyl (C=O) groups excluding carboxylic acids is 1. The topological polar surface area (TPSA) is 38.3 Å². The number of halogens is 3. The lowest BCUT2D eigenvalue weighted by molar-refractivity contribution is -0.118. The van der Waals surface area contributed by atoms with Gasteiger partial charge in [0, 0.05) is 4.47 Å². The van der Waals surface area contributed by atoms with E-state index in [-0.39, 0.29) is 17.5 Å². The van der Waals surface area contributed by atoms with Crippen molar-refractivity contribution in [3.8, 4) is 5.75 Å². The average molecular weight is 359 g/mol. The second kappa shape index (κ2) is 6.72. The van der Waals surface area contributed by atoms with Crippen LogP contribution in [0.3, 0.4) is 0 Å². The lowest BCUT2D eigenvalue weighted by Gasteiger charge is -2.08. The predicted molar refractivity (Wildman–Crippen MR) is 79.7 cm³/mol. The smallest absolute Gasteiger partial charge is 0.262 e. The Balaban J connectivity index is 1.90. The van der Waals surface area contributed by atoms with Crippen molar-refractivity contribution >= 4 is 39.1 Å². The first-order valence-corrected chi connectivity index (χ1v) is 6.85. The van der Waals surface area contributed by atoms with Gasteiger partial charge in [-0.1, -0.05) is 27.5 Å². The maximum absolute atomic E-state index is 12.9. The summed E-state index contributed by atoms with van der Waals surface area (Å²) in [6.07, 6.45) is 0. The lowest BCUT2D eigenvalue weighted by atomic mass is 10.3. The van der Waals surface area contributed by atoms with Gasteiger partial charge < -0.3 is 10.1 Å². The molecule has 2 aromatic carbocycles. The second-order valence-electron chi connectivity index (χ2n) is 3.91. The van der Waals surface area contributed by atoms with Crippen molar-refractivity contribution in [3.63, 3.8) is 0 Å². The molecule has 1 N–H and O–H groups in total. The molecule has 0 fully saturated rings. The Labute approximate surface area is 128 Å². The van der Waals surface area contributed by atoms with Gasteiger partial charge in [0.2, 0.25) is 0 Å². The molecule has 0 aromatic heterocycles. The monoisotopic (exact) mass is 357 g/mol. The zero-order valence-corrected chi connectivity index (χ0v) is 12.5. The lowest BCUT2D eigenvalue weighted by Crippen LogP contribution is -2.20. The Morgan fingerprint density at radius 2 is 1.95 bits per heavy atom. The van der Waals surface area contributed by atoms with Gasteiger partial charge in [0.05, 0.1) is 10.7 Å². The van der Waals surface area contributed by atoms with Crippen molar-refractivity contribution < 1.29 is 13.9 Å². The maximum Gasteiger partial charge on any atom is 0.262 e. The summed E-state index contributed by atoms with van der Waals surface area (Å²) in [4.78, 5) is 11.7. The number of carbonyl (C=O) groups is 1. The Hall–Kier alpha value is -1.59. The fourth-order valence-electron chi connectivity index (χ4n) is 1.46. The number of hydrogen-bond donors (Lipinski definition) is 1. The number of nitrogens with one attached hydrogen (secondary N) is 1. The summed E-state index contributed by atoms with van der Waals surface area (Å²) in [6, 6.07) is 10.8. The molecule has 0 heterocycles. The zero-order valence-electron chi connectivity index (χ0n) is 10.2. The molecule has 0 aliphatic carbocycles. The van der Waals surface area contributed by atoms with Crippen molar-refractivity contribution in [2.45, 2.75) is 0 Å². The predicted octanol–water partition coefficient (Wildman–Crippen LogP) is 4.26. The van der Waals surface area contributed by atoms with E-state index in [0.717, 1.165) is 10.5 Å². The quantitative estimate of drug-likeness (QED) is 0.887. The van der Waals surface area contributed by atoms with Crippen LogP contribution in [0, 0.1) is 5.82 Å². The number of benzene rings is 2. The molecule has 2 rings (SSSR count). The summed E-state index contributed by atoms with van der Waals surface area (Å²) >= 11 is 9.11. The van der Waals surface area contributed by atoms with Gasteiger partial charge in [-0.05, 0) is 42.5 Å². The summed E-state index contributed by atoms with van der Waals surface area (Å²) < 4.78 is 19.1. The molecule has 20 heavy (non-hydrogen) atoms. The van der Waals surface area contributed by atoms with Gasteiger partial charge >= 0.3 is 0 Å². The van der Waals surface area contributed by atoms with Gasteiger partial charge in [-0.2, -0.15) is 0 Å². The molecule has 104 valence electrons. The summed E-state index contributed by atoms with van der Waals surface area (Å²) in [7, 11) is 0. The van der Waals surface area contributed by atoms with Crippen LogP contribution >= 0.6 is 27.5 Å². The number of rotatable bonds is 4. The molecule has 0 saturated heterocycles. The van der Waals surface area contributed by atoms with E-state index in [2.05, 4.69) is 21.2 Å². The SMILES string of the molecule is O=C(COc1ccc(Br)cc1)Nc1ccc(F)cc1Cl. The van der Waals surface area contributed by atoms with Crippen molar-refractivity contribution in [3.05, 3.63) is 57.8 Å². The van der Waals surface area contributed by atoms with Crippen LogP contribution < -0.4 is 10.1 Å². The molecule has 0 bridgehead atoms. The van der Waals surface area contributed by atoms with Crippen molar-refractivity contribution in [1.82, 2.24) is 0 Å². The van der Waals surface area contributed by atoms with E-state index >= 15 is 0 Å². The highest BCUT2D eigenvalue weighted by molar-refractivity contribution is 9.10. The van der Waals surface area contributed by atoms with Crippen LogP contribution in [-0.4, -0.2) is 12.5 Å². The van der Waals surface area contributed by atoms with Crippen LogP contribution in [-0.2, 0) is 4.79 Å². The van der Waals surface area contributed by atoms with E-state index in [1.807, 2.05) is 12.1 Å². The molecule has 6 heteroatoms. The third-order valence-electron chi connectivity index (χ3n) is 2.39. The summed E-state index contributed by atoms with van der Waals surface area (Å²) in [6.45, 7) is -0.157. The van der Waals surface area contributed by atoms with Gasteiger partial charge in [0.1, 0.15) is 11.6 Å². The Morgan fingerprint density at radius 1 is 1.25 bits per heavy atom. The number of ether oxygens (including phenoxy) is 1. The van der Waals surface area contributed by atoms with Crippen LogP contribution in [0.15, 0.2) is 46.9 Å². The fourth-order valence-corrected chi connectivity index (χ4v) is 1.94. The van der Waals surface area contributed by atoms with Gasteiger partial charge in [-0.25, -0.2) is 4.39 Å². The minimum absolute atomic E-state index is 0.141. The molecule has 0 aliphatic rings. The molecule has 3 nitrogen and oxygen atoms in total. The number of anilines is 1. The highest BCUT2D eigenvalue weighted by Crippen LogP contribution is 2.22. The summed E-state index contributed by atoms with van der Waals surface area (Å²) in [5, 5.41) is 2.69. The standard InChI is InChI=1S/C14H10BrClFNO2/c15-9-1-4-11(5-2-9)20-8-14(19)18-13-6-3-10(17)7-12(13)16/h1-7H,8H2,(H,18,19). The third-order valence-corrected chi connectivity index (χ3v) is 3.23. The zero-order chi connectivity index (χ0) is 14.5. The first-order valence-electron chi connectivity index (χ1n) is 5.68. The molecular formula is C14H10BrClFNO2. The van der Waals surface area contributed by atoms with E-state index in [1.165, 1.54) is 12.1 Å². The number of amides is 1. The van der Waals surface area contributed by atoms with E-state index in [9.17, 15) is 9.18 Å². The normalized spacial score (nSPS) is 10.2. The Morgan fingerprint density at radius 3 is 2.60 bits per heavy atom. The molecule has 2 aromatic rings. The highest BCUT2D eigenvalue weighted by atomic mass is 79.9. The van der Waals surface area contributed by atoms with Crippen LogP contribution in [0.5, 0.6) is 5.75 Å². The van der Waals surface area contributed by atoms with Gasteiger partial charge in [0.15, 0.2) is 6.61 Å². The Kier molecular flexibility index (Phi) is 4.98. The minimum atomic E-state index is -0.459. The highest BCUT2D eigenvalue weighted by Gasteiger charge is 2.07. The van der Waals surface area contributed by atoms with Gasteiger partial charge in [-0.3, -0.25) is 4.79 Å². The van der Waals surface area contributed by atoms with Crippen molar-refractivity contribution in [1.29, 1.82) is 0 Å². The molecule has 0 radical (unpaired) electrons. The van der Waals surface area contributed by atoms with E-state index in [4.69, 9.17) is 16.3 Å². The first kappa shape index (κ1) is 14.8. The van der Waals surface area contributed by atoms with Gasteiger partial charge in [-0.15, -0.1) is 0 Å². The van der Waals surface area contributed by atoms with E-state index in [1.54, 1.807) is 12.1 Å².